The topological polar surface area (TPSA) is 73.0 Å². The van der Waals surface area contributed by atoms with Gasteiger partial charge in [-0.25, -0.2) is 4.98 Å². The predicted molar refractivity (Wildman–Crippen MR) is 67.2 cm³/mol. The summed E-state index contributed by atoms with van der Waals surface area (Å²) in [6, 6.07) is 5.09. The molecule has 92 valence electrons. The first-order valence-electron chi connectivity index (χ1n) is 5.60. The van der Waals surface area contributed by atoms with Crippen molar-refractivity contribution in [1.29, 1.82) is 0 Å². The minimum Gasteiger partial charge on any atom is -0.287 e. The van der Waals surface area contributed by atoms with Crippen LogP contribution in [0.3, 0.4) is 0 Å². The fourth-order valence-corrected chi connectivity index (χ4v) is 2.38. The van der Waals surface area contributed by atoms with Crippen LogP contribution in [0.25, 0.3) is 17.0 Å². The lowest BCUT2D eigenvalue weighted by molar-refractivity contribution is 0.103. The van der Waals surface area contributed by atoms with Gasteiger partial charge < -0.3 is 0 Å². The van der Waals surface area contributed by atoms with Gasteiger partial charge >= 0.3 is 0 Å². The lowest BCUT2D eigenvalue weighted by Gasteiger charge is -1.99. The monoisotopic (exact) mass is 271 g/mol. The normalized spacial score (nSPS) is 12.8. The lowest BCUT2D eigenvalue weighted by atomic mass is 10.1. The van der Waals surface area contributed by atoms with E-state index in [0.717, 1.165) is 0 Å². The van der Waals surface area contributed by atoms with Gasteiger partial charge in [0.1, 0.15) is 5.69 Å². The zero-order valence-corrected chi connectivity index (χ0v) is 10.5. The summed E-state index contributed by atoms with van der Waals surface area (Å²) in [5.41, 5.74) is 2.09. The van der Waals surface area contributed by atoms with Gasteiger partial charge in [-0.05, 0) is 25.1 Å². The van der Waals surface area contributed by atoms with Gasteiger partial charge in [0.2, 0.25) is 5.78 Å². The van der Waals surface area contributed by atoms with Crippen LogP contribution in [0.1, 0.15) is 21.9 Å². The molecule has 6 nitrogen and oxygen atoms in total. The molecule has 0 saturated heterocycles. The number of benzene rings is 1. The third kappa shape index (κ3) is 1.29. The number of ketones is 1. The highest BCUT2D eigenvalue weighted by molar-refractivity contribution is 6.31. The largest absolute Gasteiger partial charge is 0.287 e. The van der Waals surface area contributed by atoms with Gasteiger partial charge in [0.05, 0.1) is 0 Å². The van der Waals surface area contributed by atoms with E-state index in [1.807, 2.05) is 0 Å². The van der Waals surface area contributed by atoms with Gasteiger partial charge in [-0.15, -0.1) is 10.2 Å². The molecule has 0 saturated carbocycles. The molecular weight excluding hydrogens is 266 g/mol. The summed E-state index contributed by atoms with van der Waals surface area (Å²) in [5, 5.41) is 12.6. The van der Waals surface area contributed by atoms with Crippen LogP contribution in [-0.2, 0) is 0 Å². The molecule has 4 rings (SSSR count). The minimum absolute atomic E-state index is 0.149. The van der Waals surface area contributed by atoms with Gasteiger partial charge in [0.25, 0.3) is 5.78 Å². The Hall–Kier alpha value is -2.34. The fourth-order valence-electron chi connectivity index (χ4n) is 2.21. The minimum atomic E-state index is -0.149. The first kappa shape index (κ1) is 10.6. The molecule has 7 heteroatoms. The summed E-state index contributed by atoms with van der Waals surface area (Å²) in [7, 11) is 0. The first-order valence-corrected chi connectivity index (χ1v) is 5.97. The van der Waals surface area contributed by atoms with Crippen LogP contribution in [0.15, 0.2) is 18.2 Å². The van der Waals surface area contributed by atoms with Crippen molar-refractivity contribution in [3.8, 4) is 11.3 Å². The van der Waals surface area contributed by atoms with Gasteiger partial charge in [-0.3, -0.25) is 4.79 Å². The standard InChI is InChI=1S/C12H6ClN5O/c1-5-15-16-12-14-9-8-4-6(13)2-3-7(8)11(19)10(9)17-18(5)12/h2-4H,1H3. The molecule has 2 heterocycles. The van der Waals surface area contributed by atoms with Gasteiger partial charge in [-0.2, -0.15) is 9.61 Å². The Labute approximate surface area is 112 Å². The molecule has 1 aliphatic carbocycles. The summed E-state index contributed by atoms with van der Waals surface area (Å²) in [4.78, 5) is 16.6. The van der Waals surface area contributed by atoms with Crippen molar-refractivity contribution in [3.05, 3.63) is 40.3 Å². The summed E-state index contributed by atoms with van der Waals surface area (Å²) >= 11 is 5.97. The van der Waals surface area contributed by atoms with E-state index in [4.69, 9.17) is 11.6 Å². The lowest BCUT2D eigenvalue weighted by Crippen LogP contribution is -2.06. The Morgan fingerprint density at radius 2 is 2.00 bits per heavy atom. The molecule has 0 bridgehead atoms. The fraction of sp³-hybridized carbons (Fsp3) is 0.0833. The number of carbonyl (C=O) groups is 1. The predicted octanol–water partition coefficient (Wildman–Crippen LogP) is 1.69. The molecule has 0 unspecified atom stereocenters. The zero-order chi connectivity index (χ0) is 13.1. The van der Waals surface area contributed by atoms with Crippen LogP contribution in [0.2, 0.25) is 5.02 Å². The van der Waals surface area contributed by atoms with E-state index in [1.165, 1.54) is 4.52 Å². The van der Waals surface area contributed by atoms with E-state index in [1.54, 1.807) is 25.1 Å². The van der Waals surface area contributed by atoms with Crippen LogP contribution < -0.4 is 0 Å². The summed E-state index contributed by atoms with van der Waals surface area (Å²) in [6.45, 7) is 1.75. The van der Waals surface area contributed by atoms with Gasteiger partial charge in [0, 0.05) is 16.1 Å². The molecule has 2 aromatic heterocycles. The van der Waals surface area contributed by atoms with Crippen molar-refractivity contribution < 1.29 is 4.79 Å². The highest BCUT2D eigenvalue weighted by atomic mass is 35.5. The molecule has 0 fully saturated rings. The molecular formula is C12H6ClN5O. The van der Waals surface area contributed by atoms with Gasteiger partial charge in [0.15, 0.2) is 11.5 Å². The second-order valence-corrected chi connectivity index (χ2v) is 4.72. The van der Waals surface area contributed by atoms with Gasteiger partial charge in [-0.1, -0.05) is 11.6 Å². The van der Waals surface area contributed by atoms with Crippen LogP contribution in [0.5, 0.6) is 0 Å². The molecule has 0 atom stereocenters. The number of hydrogen-bond acceptors (Lipinski definition) is 5. The smallest absolute Gasteiger partial charge is 0.272 e. The molecule has 1 aromatic carbocycles. The van der Waals surface area contributed by atoms with E-state index >= 15 is 0 Å². The maximum absolute atomic E-state index is 12.3. The van der Waals surface area contributed by atoms with E-state index < -0.39 is 0 Å². The Morgan fingerprint density at radius 3 is 2.84 bits per heavy atom. The number of fused-ring (bicyclic) bond motifs is 4. The Kier molecular flexibility index (Phi) is 1.87. The average molecular weight is 272 g/mol. The van der Waals surface area contributed by atoms with Crippen molar-refractivity contribution in [3.63, 3.8) is 0 Å². The maximum atomic E-state index is 12.3. The van der Waals surface area contributed by atoms with Crippen molar-refractivity contribution in [1.82, 2.24) is 24.8 Å². The Balaban J connectivity index is 2.12. The van der Waals surface area contributed by atoms with Crippen molar-refractivity contribution >= 4 is 23.2 Å². The molecule has 3 aromatic rings. The third-order valence-electron chi connectivity index (χ3n) is 3.11. The second-order valence-electron chi connectivity index (χ2n) is 4.29. The SMILES string of the molecule is Cc1nnc2nc3c(nn12)C(=O)c1ccc(Cl)cc1-3. The number of halogens is 1. The molecule has 0 amide bonds. The summed E-state index contributed by atoms with van der Waals surface area (Å²) in [5.74, 6) is 0.813. The third-order valence-corrected chi connectivity index (χ3v) is 3.35. The summed E-state index contributed by atoms with van der Waals surface area (Å²) in [6.07, 6.45) is 0. The number of rotatable bonds is 0. The Morgan fingerprint density at radius 1 is 1.16 bits per heavy atom. The highest BCUT2D eigenvalue weighted by Gasteiger charge is 2.31. The zero-order valence-electron chi connectivity index (χ0n) is 9.75. The number of nitrogens with zero attached hydrogens (tertiary/aromatic N) is 5. The number of aryl methyl sites for hydroxylation is 1. The van der Waals surface area contributed by atoms with E-state index in [0.29, 0.717) is 39.1 Å². The van der Waals surface area contributed by atoms with Crippen molar-refractivity contribution in [2.75, 3.05) is 0 Å². The van der Waals surface area contributed by atoms with Crippen LogP contribution in [0.4, 0.5) is 0 Å². The van der Waals surface area contributed by atoms with Crippen molar-refractivity contribution in [2.24, 2.45) is 0 Å². The number of hydrogen-bond donors (Lipinski definition) is 0. The first-order chi connectivity index (χ1) is 9.15. The number of aromatic nitrogens is 5. The molecule has 0 spiro atoms. The quantitative estimate of drug-likeness (QED) is 0.487. The molecule has 1 aliphatic rings. The number of carbonyl (C=O) groups excluding carboxylic acids is 1. The molecule has 0 N–H and O–H groups in total. The maximum Gasteiger partial charge on any atom is 0.272 e. The van der Waals surface area contributed by atoms with Crippen LogP contribution in [0, 0.1) is 6.92 Å². The van der Waals surface area contributed by atoms with Crippen LogP contribution in [-0.4, -0.2) is 30.6 Å². The Bertz CT molecular complexity index is 870. The van der Waals surface area contributed by atoms with Crippen LogP contribution >= 0.6 is 11.6 Å². The van der Waals surface area contributed by atoms with Crippen molar-refractivity contribution in [2.45, 2.75) is 6.92 Å². The van der Waals surface area contributed by atoms with E-state index in [-0.39, 0.29) is 5.78 Å². The average Bonchev–Trinajstić information content (AvgIpc) is 2.89. The molecule has 19 heavy (non-hydrogen) atoms. The highest BCUT2D eigenvalue weighted by Crippen LogP contribution is 2.35. The summed E-state index contributed by atoms with van der Waals surface area (Å²) < 4.78 is 1.46. The van der Waals surface area contributed by atoms with E-state index in [2.05, 4.69) is 20.3 Å². The molecule has 0 radical (unpaired) electrons. The molecule has 0 aliphatic heterocycles. The van der Waals surface area contributed by atoms with E-state index in [9.17, 15) is 4.79 Å². The second kappa shape index (κ2) is 3.36.